The van der Waals surface area contributed by atoms with Crippen LogP contribution in [0, 0.1) is 0 Å². The molecule has 2 aliphatic rings. The zero-order valence-electron chi connectivity index (χ0n) is 31.8. The maximum absolute atomic E-state index is 2.49. The number of rotatable bonds is 6. The molecule has 8 aromatic rings. The number of hydrogen-bond donors (Lipinski definition) is 0. The summed E-state index contributed by atoms with van der Waals surface area (Å²) in [7, 11) is 0. The van der Waals surface area contributed by atoms with Crippen molar-refractivity contribution in [3.05, 3.63) is 210 Å². The number of benzene rings is 8. The summed E-state index contributed by atoms with van der Waals surface area (Å²) >= 11 is 0. The summed E-state index contributed by atoms with van der Waals surface area (Å²) in [6, 6.07) is 69.6. The molecule has 0 aromatic heterocycles. The molecule has 0 amide bonds. The molecule has 0 spiro atoms. The van der Waals surface area contributed by atoms with Crippen molar-refractivity contribution in [3.63, 3.8) is 0 Å². The zero-order valence-corrected chi connectivity index (χ0v) is 31.8. The first-order valence-corrected chi connectivity index (χ1v) is 19.4. The van der Waals surface area contributed by atoms with Crippen molar-refractivity contribution in [3.8, 4) is 55.6 Å². The molecule has 0 unspecified atom stereocenters. The molecule has 0 heterocycles. The predicted octanol–water partition coefficient (Wildman–Crippen LogP) is 14.8. The highest BCUT2D eigenvalue weighted by molar-refractivity contribution is 6.04. The Morgan fingerprint density at radius 1 is 0.309 bits per heavy atom. The minimum atomic E-state index is -0.123. The van der Waals surface area contributed by atoms with Gasteiger partial charge in [0.2, 0.25) is 0 Å². The Morgan fingerprint density at radius 3 is 1.62 bits per heavy atom. The van der Waals surface area contributed by atoms with E-state index in [4.69, 9.17) is 0 Å². The van der Waals surface area contributed by atoms with E-state index < -0.39 is 0 Å². The molecule has 0 radical (unpaired) electrons. The predicted molar refractivity (Wildman–Crippen MR) is 233 cm³/mol. The molecule has 0 atom stereocenters. The van der Waals surface area contributed by atoms with Crippen LogP contribution in [0.5, 0.6) is 0 Å². The second-order valence-corrected chi connectivity index (χ2v) is 16.1. The summed E-state index contributed by atoms with van der Waals surface area (Å²) in [5, 5.41) is 0. The topological polar surface area (TPSA) is 3.24 Å². The van der Waals surface area contributed by atoms with Crippen molar-refractivity contribution < 1.29 is 0 Å². The van der Waals surface area contributed by atoms with Crippen LogP contribution in [0.15, 0.2) is 188 Å². The van der Waals surface area contributed by atoms with Crippen molar-refractivity contribution in [2.45, 2.75) is 38.5 Å². The molecule has 0 aliphatic heterocycles. The standard InChI is InChI=1S/C54H43N/c1-53(2)47-29-14-12-25-44(47)51-45(27-16-30-48(51)53)52-41(38-21-15-20-37(34-38)36-18-7-5-8-19-36)26-17-31-50(52)55(39-22-9-6-10-23-39)40-32-33-43-42-24-11-13-28-46(42)54(3,4)49(43)35-40/h5-35H,1-4H3. The van der Waals surface area contributed by atoms with Gasteiger partial charge in [0.15, 0.2) is 0 Å². The van der Waals surface area contributed by atoms with Gasteiger partial charge in [0.05, 0.1) is 5.69 Å². The molecule has 8 aromatic carbocycles. The largest absolute Gasteiger partial charge is 0.310 e. The lowest BCUT2D eigenvalue weighted by molar-refractivity contribution is 0.660. The van der Waals surface area contributed by atoms with Crippen molar-refractivity contribution in [2.24, 2.45) is 0 Å². The Balaban J connectivity index is 1.27. The van der Waals surface area contributed by atoms with E-state index in [1.54, 1.807) is 0 Å². The Labute approximate surface area is 325 Å². The molecule has 10 rings (SSSR count). The van der Waals surface area contributed by atoms with Crippen molar-refractivity contribution in [1.29, 1.82) is 0 Å². The van der Waals surface area contributed by atoms with Crippen LogP contribution in [0.1, 0.15) is 49.9 Å². The van der Waals surface area contributed by atoms with Crippen LogP contribution in [0.3, 0.4) is 0 Å². The normalized spacial score (nSPS) is 14.1. The van der Waals surface area contributed by atoms with Crippen molar-refractivity contribution in [2.75, 3.05) is 4.90 Å². The van der Waals surface area contributed by atoms with Gasteiger partial charge in [0.1, 0.15) is 0 Å². The van der Waals surface area contributed by atoms with Crippen molar-refractivity contribution in [1.82, 2.24) is 0 Å². The fraction of sp³-hybridized carbons (Fsp3) is 0.111. The van der Waals surface area contributed by atoms with Crippen LogP contribution in [0.25, 0.3) is 55.6 Å². The summed E-state index contributed by atoms with van der Waals surface area (Å²) < 4.78 is 0. The molecular weight excluding hydrogens is 663 g/mol. The molecule has 0 saturated heterocycles. The minimum absolute atomic E-state index is 0.121. The van der Waals surface area contributed by atoms with Gasteiger partial charge in [-0.1, -0.05) is 179 Å². The van der Waals surface area contributed by atoms with E-state index in [0.717, 1.165) is 17.1 Å². The zero-order chi connectivity index (χ0) is 37.3. The lowest BCUT2D eigenvalue weighted by Crippen LogP contribution is -2.17. The van der Waals surface area contributed by atoms with Crippen LogP contribution in [-0.2, 0) is 10.8 Å². The average molecular weight is 706 g/mol. The summed E-state index contributed by atoms with van der Waals surface area (Å²) in [4.78, 5) is 2.49. The number of nitrogens with zero attached hydrogens (tertiary/aromatic N) is 1. The maximum Gasteiger partial charge on any atom is 0.0546 e. The van der Waals surface area contributed by atoms with Gasteiger partial charge in [0.25, 0.3) is 0 Å². The van der Waals surface area contributed by atoms with Crippen LogP contribution in [0.2, 0.25) is 0 Å². The highest BCUT2D eigenvalue weighted by atomic mass is 15.1. The Bertz CT molecular complexity index is 2750. The molecule has 2 aliphatic carbocycles. The molecule has 0 saturated carbocycles. The first-order valence-electron chi connectivity index (χ1n) is 19.4. The molecule has 0 fully saturated rings. The second-order valence-electron chi connectivity index (χ2n) is 16.1. The summed E-state index contributed by atoms with van der Waals surface area (Å²) in [5.41, 5.74) is 21.3. The van der Waals surface area contributed by atoms with Gasteiger partial charge in [-0.25, -0.2) is 0 Å². The highest BCUT2D eigenvalue weighted by Crippen LogP contribution is 2.56. The van der Waals surface area contributed by atoms with Gasteiger partial charge >= 0.3 is 0 Å². The number of fused-ring (bicyclic) bond motifs is 6. The van der Waals surface area contributed by atoms with Gasteiger partial charge in [-0.05, 0) is 109 Å². The second kappa shape index (κ2) is 12.6. The Morgan fingerprint density at radius 2 is 0.836 bits per heavy atom. The molecule has 0 N–H and O–H groups in total. The van der Waals surface area contributed by atoms with Gasteiger partial charge in [-0.2, -0.15) is 0 Å². The van der Waals surface area contributed by atoms with E-state index in [9.17, 15) is 0 Å². The number of para-hydroxylation sites is 1. The van der Waals surface area contributed by atoms with Gasteiger partial charge < -0.3 is 4.90 Å². The third-order valence-corrected chi connectivity index (χ3v) is 12.3. The third kappa shape index (κ3) is 5.14. The molecule has 55 heavy (non-hydrogen) atoms. The van der Waals surface area contributed by atoms with Crippen LogP contribution >= 0.6 is 0 Å². The van der Waals surface area contributed by atoms with Gasteiger partial charge in [-0.3, -0.25) is 0 Å². The monoisotopic (exact) mass is 705 g/mol. The van der Waals surface area contributed by atoms with Crippen molar-refractivity contribution >= 4 is 17.1 Å². The fourth-order valence-corrected chi connectivity index (χ4v) is 9.55. The average Bonchev–Trinajstić information content (AvgIpc) is 3.61. The Kier molecular flexibility index (Phi) is 7.58. The SMILES string of the molecule is CC1(C)c2ccccc2-c2ccc(N(c3ccccc3)c3cccc(-c4cccc(-c5ccccc5)c4)c3-c3cccc4c3-c3ccccc3C4(C)C)cc21. The molecule has 1 heteroatoms. The Hall–Kier alpha value is -6.44. The summed E-state index contributed by atoms with van der Waals surface area (Å²) in [5.74, 6) is 0. The lowest BCUT2D eigenvalue weighted by atomic mass is 9.81. The number of anilines is 3. The van der Waals surface area contributed by atoms with Gasteiger partial charge in [-0.15, -0.1) is 0 Å². The smallest absolute Gasteiger partial charge is 0.0546 e. The molecular formula is C54H43N. The lowest BCUT2D eigenvalue weighted by Gasteiger charge is -2.31. The van der Waals surface area contributed by atoms with Gasteiger partial charge in [0, 0.05) is 27.8 Å². The summed E-state index contributed by atoms with van der Waals surface area (Å²) in [6.45, 7) is 9.48. The van der Waals surface area contributed by atoms with E-state index in [1.807, 2.05) is 0 Å². The third-order valence-electron chi connectivity index (χ3n) is 12.3. The van der Waals surface area contributed by atoms with E-state index in [1.165, 1.54) is 77.9 Å². The minimum Gasteiger partial charge on any atom is -0.310 e. The molecule has 1 nitrogen and oxygen atoms in total. The van der Waals surface area contributed by atoms with E-state index in [0.29, 0.717) is 0 Å². The number of hydrogen-bond acceptors (Lipinski definition) is 1. The van der Waals surface area contributed by atoms with E-state index in [-0.39, 0.29) is 10.8 Å². The van der Waals surface area contributed by atoms with Crippen LogP contribution < -0.4 is 4.90 Å². The quantitative estimate of drug-likeness (QED) is 0.166. The molecule has 0 bridgehead atoms. The molecule has 264 valence electrons. The van der Waals surface area contributed by atoms with Crippen LogP contribution in [-0.4, -0.2) is 0 Å². The van der Waals surface area contributed by atoms with Crippen LogP contribution in [0.4, 0.5) is 17.1 Å². The first-order chi connectivity index (χ1) is 26.8. The maximum atomic E-state index is 2.49. The summed E-state index contributed by atoms with van der Waals surface area (Å²) in [6.07, 6.45) is 0. The first kappa shape index (κ1) is 33.2. The van der Waals surface area contributed by atoms with E-state index >= 15 is 0 Å². The van der Waals surface area contributed by atoms with E-state index in [2.05, 4.69) is 221 Å². The fourth-order valence-electron chi connectivity index (χ4n) is 9.55. The highest BCUT2D eigenvalue weighted by Gasteiger charge is 2.38.